The molecule has 1 saturated carbocycles. The number of pyridine rings is 1. The van der Waals surface area contributed by atoms with Gasteiger partial charge in [-0.2, -0.15) is 53.3 Å². The lowest BCUT2D eigenvalue weighted by molar-refractivity contribution is -0.150. The maximum Gasteiger partial charge on any atom is 0.433 e. The number of fused-ring (bicyclic) bond motifs is 1. The van der Waals surface area contributed by atoms with Gasteiger partial charge in [0.1, 0.15) is 11.4 Å². The van der Waals surface area contributed by atoms with Gasteiger partial charge in [-0.25, -0.2) is 4.98 Å². The van der Waals surface area contributed by atoms with Crippen LogP contribution in [0.3, 0.4) is 0 Å². The Hall–Kier alpha value is -2.28. The summed E-state index contributed by atoms with van der Waals surface area (Å²) in [7, 11) is 1.99. The Bertz CT molecular complexity index is 1060. The number of amides is 1. The minimum atomic E-state index is -4.99. The van der Waals surface area contributed by atoms with Gasteiger partial charge in [0.15, 0.2) is 0 Å². The van der Waals surface area contributed by atoms with Crippen LogP contribution in [0.25, 0.3) is 0 Å². The number of alkyl halides is 6. The fraction of sp³-hybridized carbons (Fsp3) is 0.500. The summed E-state index contributed by atoms with van der Waals surface area (Å²) in [6, 6.07) is 6.41. The number of aryl methyl sites for hydroxylation is 1. The predicted molar refractivity (Wildman–Crippen MR) is 140 cm³/mol. The molecule has 37 heavy (non-hydrogen) atoms. The number of nitrogens with zero attached hydrogens (tertiary/aromatic N) is 2. The first-order valence-electron chi connectivity index (χ1n) is 11.5. The zero-order valence-corrected chi connectivity index (χ0v) is 22.1. The molecule has 2 N–H and O–H groups in total. The molecule has 1 fully saturated rings. The van der Waals surface area contributed by atoms with Gasteiger partial charge in [0.05, 0.1) is 0 Å². The summed E-state index contributed by atoms with van der Waals surface area (Å²) >= 11 is 0. The zero-order valence-electron chi connectivity index (χ0n) is 20.1. The van der Waals surface area contributed by atoms with Crippen molar-refractivity contribution in [2.45, 2.75) is 63.0 Å². The average Bonchev–Trinajstić information content (AvgIpc) is 2.79. The van der Waals surface area contributed by atoms with E-state index in [0.29, 0.717) is 43.4 Å². The Labute approximate surface area is 225 Å². The normalized spacial score (nSPS) is 19.7. The monoisotopic (exact) mass is 568 g/mol. The van der Waals surface area contributed by atoms with Gasteiger partial charge in [-0.1, -0.05) is 6.07 Å². The minimum absolute atomic E-state index is 0. The van der Waals surface area contributed by atoms with Crippen LogP contribution < -0.4 is 15.5 Å². The molecule has 206 valence electrons. The van der Waals surface area contributed by atoms with E-state index in [9.17, 15) is 31.1 Å². The topological polar surface area (TPSA) is 57.3 Å². The second kappa shape index (κ2) is 12.1. The van der Waals surface area contributed by atoms with E-state index in [0.717, 1.165) is 25.1 Å². The second-order valence-electron chi connectivity index (χ2n) is 9.16. The Morgan fingerprint density at radius 1 is 0.919 bits per heavy atom. The van der Waals surface area contributed by atoms with Crippen molar-refractivity contribution in [1.29, 1.82) is 0 Å². The van der Waals surface area contributed by atoms with E-state index < -0.39 is 23.7 Å². The van der Waals surface area contributed by atoms with Crippen molar-refractivity contribution < 1.29 is 31.1 Å². The van der Waals surface area contributed by atoms with E-state index in [1.54, 1.807) is 6.07 Å². The lowest BCUT2D eigenvalue weighted by Gasteiger charge is -2.31. The van der Waals surface area contributed by atoms with Crippen LogP contribution in [0, 0.1) is 0 Å². The molecule has 2 heterocycles. The van der Waals surface area contributed by atoms with Gasteiger partial charge >= 0.3 is 12.4 Å². The van der Waals surface area contributed by atoms with Crippen molar-refractivity contribution in [2.75, 3.05) is 23.8 Å². The van der Waals surface area contributed by atoms with Gasteiger partial charge in [0, 0.05) is 42.6 Å². The molecule has 1 aromatic heterocycles. The summed E-state index contributed by atoms with van der Waals surface area (Å²) in [4.78, 5) is 17.6. The van der Waals surface area contributed by atoms with Crippen LogP contribution in [0.1, 0.15) is 59.4 Å². The number of carbonyl (C=O) groups excluding carboxylic acids is 1. The average molecular weight is 569 g/mol. The maximum absolute atomic E-state index is 13.0. The third-order valence-corrected chi connectivity index (χ3v) is 6.54. The lowest BCUT2D eigenvalue weighted by Crippen LogP contribution is -2.40. The largest absolute Gasteiger partial charge is 0.433 e. The molecule has 0 radical (unpaired) electrons. The van der Waals surface area contributed by atoms with E-state index in [4.69, 9.17) is 0 Å². The fourth-order valence-corrected chi connectivity index (χ4v) is 4.69. The zero-order chi connectivity index (χ0) is 25.4. The van der Waals surface area contributed by atoms with Crippen molar-refractivity contribution in [3.63, 3.8) is 0 Å². The van der Waals surface area contributed by atoms with Crippen LogP contribution in [0.5, 0.6) is 0 Å². The van der Waals surface area contributed by atoms with Crippen LogP contribution in [-0.4, -0.2) is 36.6 Å². The van der Waals surface area contributed by atoms with Gasteiger partial charge in [-0.15, -0.1) is 0 Å². The standard InChI is InChI=1S/C24H26F6N4O.2H2S/c1-34-10-2-3-14-4-5-15(11-19(14)34)22(35)32-17-8-6-16(7-9-17)31-18-12-20(23(25,26)27)33-21(13-18)24(28,29)30;;/h4-5,11-13,16-17H,2-3,6-10H2,1H3,(H,31,33)(H,32,35);2*1H2. The van der Waals surface area contributed by atoms with Crippen LogP contribution in [-0.2, 0) is 18.8 Å². The molecule has 2 aromatic rings. The number of rotatable bonds is 4. The third-order valence-electron chi connectivity index (χ3n) is 6.54. The highest BCUT2D eigenvalue weighted by atomic mass is 32.1. The van der Waals surface area contributed by atoms with Gasteiger partial charge in [0.25, 0.3) is 5.91 Å². The summed E-state index contributed by atoms with van der Waals surface area (Å²) in [5, 5.41) is 5.80. The smallest absolute Gasteiger partial charge is 0.382 e. The van der Waals surface area contributed by atoms with Crippen LogP contribution >= 0.6 is 27.0 Å². The first-order chi connectivity index (χ1) is 16.4. The van der Waals surface area contributed by atoms with E-state index in [1.807, 2.05) is 19.2 Å². The molecule has 1 aliphatic carbocycles. The number of hydrogen-bond acceptors (Lipinski definition) is 4. The molecular weight excluding hydrogens is 538 g/mol. The molecular formula is C24H30F6N4OS2. The highest BCUT2D eigenvalue weighted by Crippen LogP contribution is 2.36. The van der Waals surface area contributed by atoms with Crippen molar-refractivity contribution in [3.05, 3.63) is 52.8 Å². The molecule has 1 aliphatic heterocycles. The van der Waals surface area contributed by atoms with E-state index >= 15 is 0 Å². The number of nitrogens with one attached hydrogen (secondary N) is 2. The Balaban J connectivity index is 0.00000241. The first-order valence-corrected chi connectivity index (χ1v) is 11.5. The first kappa shape index (κ1) is 30.9. The van der Waals surface area contributed by atoms with Crippen molar-refractivity contribution in [1.82, 2.24) is 10.3 Å². The highest BCUT2D eigenvalue weighted by molar-refractivity contribution is 7.59. The molecule has 0 bridgehead atoms. The molecule has 2 aliphatic rings. The van der Waals surface area contributed by atoms with Gasteiger partial charge in [0.2, 0.25) is 0 Å². The quantitative estimate of drug-likeness (QED) is 0.453. The van der Waals surface area contributed by atoms with Gasteiger partial charge in [-0.05, 0) is 68.4 Å². The summed E-state index contributed by atoms with van der Waals surface area (Å²) in [5.41, 5.74) is -0.636. The predicted octanol–water partition coefficient (Wildman–Crippen LogP) is 5.88. The Morgan fingerprint density at radius 3 is 2.05 bits per heavy atom. The maximum atomic E-state index is 13.0. The number of anilines is 2. The van der Waals surface area contributed by atoms with Crippen molar-refractivity contribution >= 4 is 44.3 Å². The molecule has 0 unspecified atom stereocenters. The van der Waals surface area contributed by atoms with Crippen LogP contribution in [0.2, 0.25) is 0 Å². The summed E-state index contributed by atoms with van der Waals surface area (Å²) in [6.07, 6.45) is -5.86. The second-order valence-corrected chi connectivity index (χ2v) is 9.16. The highest BCUT2D eigenvalue weighted by Gasteiger charge is 2.39. The molecule has 0 spiro atoms. The number of halogens is 6. The number of aromatic nitrogens is 1. The third kappa shape index (κ3) is 7.62. The van der Waals surface area contributed by atoms with Crippen LogP contribution in [0.4, 0.5) is 37.7 Å². The molecule has 0 saturated heterocycles. The fourth-order valence-electron chi connectivity index (χ4n) is 4.69. The van der Waals surface area contributed by atoms with Crippen molar-refractivity contribution in [2.24, 2.45) is 0 Å². The minimum Gasteiger partial charge on any atom is -0.382 e. The summed E-state index contributed by atoms with van der Waals surface area (Å²) in [5.74, 6) is -0.193. The summed E-state index contributed by atoms with van der Waals surface area (Å²) < 4.78 is 78.2. The number of carbonyl (C=O) groups is 1. The molecule has 1 amide bonds. The van der Waals surface area contributed by atoms with Gasteiger partial charge < -0.3 is 15.5 Å². The number of hydrogen-bond donors (Lipinski definition) is 2. The Morgan fingerprint density at radius 2 is 1.49 bits per heavy atom. The Kier molecular flexibility index (Phi) is 10.1. The van der Waals surface area contributed by atoms with E-state index in [2.05, 4.69) is 20.5 Å². The van der Waals surface area contributed by atoms with E-state index in [-0.39, 0.29) is 50.7 Å². The molecule has 13 heteroatoms. The van der Waals surface area contributed by atoms with Crippen molar-refractivity contribution in [3.8, 4) is 0 Å². The molecule has 5 nitrogen and oxygen atoms in total. The molecule has 4 rings (SSSR count). The number of benzene rings is 1. The van der Waals surface area contributed by atoms with Gasteiger partial charge in [-0.3, -0.25) is 4.79 Å². The molecule has 0 atom stereocenters. The lowest BCUT2D eigenvalue weighted by atomic mass is 9.90. The molecule has 1 aromatic carbocycles. The summed E-state index contributed by atoms with van der Waals surface area (Å²) in [6.45, 7) is 0.932. The SMILES string of the molecule is CN1CCCc2ccc(C(=O)NC3CCC(Nc4cc(C(F)(F)F)nc(C(F)(F)F)c4)CC3)cc21.S.S. The van der Waals surface area contributed by atoms with Crippen LogP contribution in [0.15, 0.2) is 30.3 Å². The van der Waals surface area contributed by atoms with E-state index in [1.165, 1.54) is 5.56 Å².